The number of rotatable bonds is 2. The van der Waals surface area contributed by atoms with Crippen LogP contribution in [0.5, 0.6) is 11.5 Å². The molecule has 32 heavy (non-hydrogen) atoms. The Kier molecular flexibility index (Phi) is 4.23. The zero-order valence-corrected chi connectivity index (χ0v) is 20.3. The summed E-state index contributed by atoms with van der Waals surface area (Å²) in [5, 5.41) is 22.9. The van der Waals surface area contributed by atoms with Crippen molar-refractivity contribution in [2.75, 3.05) is 0 Å². The highest BCUT2D eigenvalue weighted by Gasteiger charge is 2.53. The predicted octanol–water partition coefficient (Wildman–Crippen LogP) is 7.47. The summed E-state index contributed by atoms with van der Waals surface area (Å²) in [6.07, 6.45) is 13.9. The van der Waals surface area contributed by atoms with Gasteiger partial charge in [0.2, 0.25) is 0 Å². The molecular weight excluding hydrogens is 392 g/mol. The van der Waals surface area contributed by atoms with Crippen LogP contribution in [0.4, 0.5) is 0 Å². The summed E-state index contributed by atoms with van der Waals surface area (Å²) in [4.78, 5) is 0. The Morgan fingerprint density at radius 2 is 0.875 bits per heavy atom. The maximum Gasteiger partial charge on any atom is 0.123 e. The average Bonchev–Trinajstić information content (AvgIpc) is 2.68. The number of hydrogen-bond donors (Lipinski definition) is 2. The molecule has 8 saturated carbocycles. The van der Waals surface area contributed by atoms with Crippen molar-refractivity contribution < 1.29 is 10.2 Å². The normalized spacial score (nSPS) is 46.2. The third kappa shape index (κ3) is 2.83. The molecule has 0 aromatic heterocycles. The van der Waals surface area contributed by atoms with Gasteiger partial charge in [0, 0.05) is 17.2 Å². The first-order chi connectivity index (χ1) is 15.3. The molecule has 8 fully saturated rings. The molecule has 0 radical (unpaired) electrons. The van der Waals surface area contributed by atoms with E-state index >= 15 is 0 Å². The molecular formula is C30H42O2. The van der Waals surface area contributed by atoms with Gasteiger partial charge in [-0.25, -0.2) is 0 Å². The molecule has 0 saturated heterocycles. The highest BCUT2D eigenvalue weighted by atomic mass is 16.3. The molecule has 8 aliphatic carbocycles. The van der Waals surface area contributed by atoms with Crippen LogP contribution in [0, 0.1) is 47.3 Å². The lowest BCUT2D eigenvalue weighted by Crippen LogP contribution is -2.46. The lowest BCUT2D eigenvalue weighted by Gasteiger charge is -2.57. The van der Waals surface area contributed by atoms with Gasteiger partial charge in [-0.3, -0.25) is 0 Å². The minimum absolute atomic E-state index is 0.0653. The first kappa shape index (κ1) is 20.2. The molecule has 0 amide bonds. The number of aromatic hydroxyl groups is 2. The Labute approximate surface area is 194 Å². The highest BCUT2D eigenvalue weighted by molar-refractivity contribution is 5.58. The summed E-state index contributed by atoms with van der Waals surface area (Å²) >= 11 is 0. The minimum Gasteiger partial charge on any atom is -0.508 e. The van der Waals surface area contributed by atoms with E-state index < -0.39 is 0 Å². The first-order valence-corrected chi connectivity index (χ1v) is 13.9. The molecule has 174 valence electrons. The van der Waals surface area contributed by atoms with Crippen LogP contribution in [0.25, 0.3) is 0 Å². The molecule has 2 N–H and O–H groups in total. The fourth-order valence-electron chi connectivity index (χ4n) is 11.0. The van der Waals surface area contributed by atoms with Crippen molar-refractivity contribution in [2.24, 2.45) is 47.3 Å². The molecule has 0 atom stereocenters. The molecule has 2 nitrogen and oxygen atoms in total. The average molecular weight is 435 g/mol. The van der Waals surface area contributed by atoms with Crippen LogP contribution in [0.15, 0.2) is 6.07 Å². The quantitative estimate of drug-likeness (QED) is 0.506. The lowest BCUT2D eigenvalue weighted by atomic mass is 9.48. The SMILES string of the molecule is CC(C)(C)c1c(C2C3CC4CC(C3)CC2C4)c(O)cc(O)c1C1C2CC3CC(C2)CC1C3. The van der Waals surface area contributed by atoms with Gasteiger partial charge in [0.25, 0.3) is 0 Å². The largest absolute Gasteiger partial charge is 0.508 e. The van der Waals surface area contributed by atoms with Crippen LogP contribution in [0.3, 0.4) is 0 Å². The Morgan fingerprint density at radius 3 is 1.16 bits per heavy atom. The molecule has 9 rings (SSSR count). The minimum atomic E-state index is -0.0653. The number of phenolic OH excluding ortho intramolecular Hbond substituents is 2. The van der Waals surface area contributed by atoms with Gasteiger partial charge < -0.3 is 10.2 Å². The summed E-state index contributed by atoms with van der Waals surface area (Å²) in [7, 11) is 0. The second-order valence-electron chi connectivity index (χ2n) is 14.3. The fraction of sp³-hybridized carbons (Fsp3) is 0.800. The van der Waals surface area contributed by atoms with Crippen LogP contribution in [-0.2, 0) is 5.41 Å². The summed E-state index contributed by atoms with van der Waals surface area (Å²) in [5.41, 5.74) is 3.83. The van der Waals surface area contributed by atoms with E-state index in [1.54, 1.807) is 6.07 Å². The molecule has 8 aliphatic rings. The van der Waals surface area contributed by atoms with Gasteiger partial charge in [-0.05, 0) is 134 Å². The van der Waals surface area contributed by atoms with Gasteiger partial charge in [-0.15, -0.1) is 0 Å². The third-order valence-electron chi connectivity index (χ3n) is 11.2. The van der Waals surface area contributed by atoms with Crippen molar-refractivity contribution in [2.45, 2.75) is 102 Å². The topological polar surface area (TPSA) is 40.5 Å². The zero-order chi connectivity index (χ0) is 21.9. The molecule has 0 heterocycles. The standard InChI is InChI=1S/C30H42O2/c1-30(2,3)29-27(25-19-6-15-4-16(8-19)9-20(25)7-15)23(31)14-24(32)28(29)26-21-10-17-5-18(12-21)13-22(26)11-17/h14-22,25-26,31-32H,4-13H2,1-3H3. The molecule has 2 heteroatoms. The Balaban J connectivity index is 1.40. The summed E-state index contributed by atoms with van der Waals surface area (Å²) in [6.45, 7) is 7.00. The fourth-order valence-corrected chi connectivity index (χ4v) is 11.0. The monoisotopic (exact) mass is 434 g/mol. The van der Waals surface area contributed by atoms with Gasteiger partial charge in [0.05, 0.1) is 0 Å². The Hall–Kier alpha value is -1.18. The second-order valence-corrected chi connectivity index (χ2v) is 14.3. The van der Waals surface area contributed by atoms with Crippen molar-refractivity contribution in [3.05, 3.63) is 22.8 Å². The van der Waals surface area contributed by atoms with Gasteiger partial charge in [0.15, 0.2) is 0 Å². The van der Waals surface area contributed by atoms with Crippen LogP contribution in [-0.4, -0.2) is 10.2 Å². The van der Waals surface area contributed by atoms with E-state index in [1.807, 2.05) is 0 Å². The molecule has 0 spiro atoms. The first-order valence-electron chi connectivity index (χ1n) is 13.9. The smallest absolute Gasteiger partial charge is 0.123 e. The number of hydrogen-bond acceptors (Lipinski definition) is 2. The summed E-state index contributed by atoms with van der Waals surface area (Å²) in [6, 6.07) is 1.77. The van der Waals surface area contributed by atoms with E-state index in [4.69, 9.17) is 0 Å². The van der Waals surface area contributed by atoms with E-state index in [9.17, 15) is 10.2 Å². The lowest BCUT2D eigenvalue weighted by molar-refractivity contribution is -0.00697. The van der Waals surface area contributed by atoms with Crippen LogP contribution in [0.2, 0.25) is 0 Å². The van der Waals surface area contributed by atoms with E-state index in [2.05, 4.69) is 20.8 Å². The van der Waals surface area contributed by atoms with Crippen LogP contribution >= 0.6 is 0 Å². The Bertz CT molecular complexity index is 815. The molecule has 1 aromatic carbocycles. The van der Waals surface area contributed by atoms with Gasteiger partial charge in [-0.2, -0.15) is 0 Å². The number of phenols is 2. The summed E-state index contributed by atoms with van der Waals surface area (Å²) < 4.78 is 0. The van der Waals surface area contributed by atoms with E-state index in [-0.39, 0.29) is 5.41 Å². The van der Waals surface area contributed by atoms with Gasteiger partial charge >= 0.3 is 0 Å². The molecule has 8 bridgehead atoms. The third-order valence-corrected chi connectivity index (χ3v) is 11.2. The number of benzene rings is 1. The maximum atomic E-state index is 11.4. The van der Waals surface area contributed by atoms with Crippen LogP contribution < -0.4 is 0 Å². The summed E-state index contributed by atoms with van der Waals surface area (Å²) in [5.74, 6) is 8.55. The van der Waals surface area contributed by atoms with E-state index in [0.29, 0.717) is 23.3 Å². The van der Waals surface area contributed by atoms with Crippen molar-refractivity contribution >= 4 is 0 Å². The second kappa shape index (κ2) is 6.70. The Morgan fingerprint density at radius 1 is 0.562 bits per heavy atom. The van der Waals surface area contributed by atoms with E-state index in [0.717, 1.165) is 47.3 Å². The van der Waals surface area contributed by atoms with Gasteiger partial charge in [-0.1, -0.05) is 20.8 Å². The van der Waals surface area contributed by atoms with Crippen LogP contribution in [0.1, 0.15) is 114 Å². The van der Waals surface area contributed by atoms with Crippen molar-refractivity contribution in [3.63, 3.8) is 0 Å². The molecule has 0 aliphatic heterocycles. The highest BCUT2D eigenvalue weighted by Crippen LogP contribution is 2.65. The van der Waals surface area contributed by atoms with Crippen molar-refractivity contribution in [1.82, 2.24) is 0 Å². The predicted molar refractivity (Wildman–Crippen MR) is 128 cm³/mol. The molecule has 1 aromatic rings. The van der Waals surface area contributed by atoms with Gasteiger partial charge in [0.1, 0.15) is 11.5 Å². The zero-order valence-electron chi connectivity index (χ0n) is 20.3. The molecule has 0 unspecified atom stereocenters. The van der Waals surface area contributed by atoms with E-state index in [1.165, 1.54) is 80.9 Å². The van der Waals surface area contributed by atoms with Crippen molar-refractivity contribution in [1.29, 1.82) is 0 Å². The maximum absolute atomic E-state index is 11.4. The van der Waals surface area contributed by atoms with Crippen molar-refractivity contribution in [3.8, 4) is 11.5 Å².